The molecule has 98 valence electrons. The van der Waals surface area contributed by atoms with Crippen molar-refractivity contribution in [1.29, 1.82) is 0 Å². The minimum absolute atomic E-state index is 0.0976. The van der Waals surface area contributed by atoms with Gasteiger partial charge >= 0.3 is 0 Å². The summed E-state index contributed by atoms with van der Waals surface area (Å²) in [5, 5.41) is 1.72. The molecule has 0 N–H and O–H groups in total. The SMILES string of the molecule is O=C(COc1ccc(P)cc1)c1c(Cl)cccc1Cl. The van der Waals surface area contributed by atoms with Crippen LogP contribution in [0.2, 0.25) is 10.0 Å². The van der Waals surface area contributed by atoms with E-state index in [1.165, 1.54) is 0 Å². The number of hydrogen-bond donors (Lipinski definition) is 0. The molecule has 2 nitrogen and oxygen atoms in total. The predicted molar refractivity (Wildman–Crippen MR) is 82.1 cm³/mol. The third-order valence-corrected chi connectivity index (χ3v) is 3.51. The van der Waals surface area contributed by atoms with Crippen LogP contribution < -0.4 is 10.0 Å². The molecule has 1 atom stereocenters. The molecule has 2 aromatic rings. The molecule has 0 aromatic heterocycles. The Morgan fingerprint density at radius 2 is 1.63 bits per heavy atom. The maximum absolute atomic E-state index is 12.0. The van der Waals surface area contributed by atoms with Gasteiger partial charge in [0.25, 0.3) is 0 Å². The van der Waals surface area contributed by atoms with Gasteiger partial charge in [0.1, 0.15) is 5.75 Å². The highest BCUT2D eigenvalue weighted by molar-refractivity contribution is 7.27. The zero-order valence-corrected chi connectivity index (χ0v) is 12.6. The molecule has 0 aliphatic heterocycles. The number of halogens is 2. The summed E-state index contributed by atoms with van der Waals surface area (Å²) in [6.45, 7) is -0.0976. The third-order valence-electron chi connectivity index (χ3n) is 2.49. The topological polar surface area (TPSA) is 26.3 Å². The quantitative estimate of drug-likeness (QED) is 0.635. The van der Waals surface area contributed by atoms with Crippen LogP contribution in [0.25, 0.3) is 0 Å². The fraction of sp³-hybridized carbons (Fsp3) is 0.0714. The molecule has 1 unspecified atom stereocenters. The highest BCUT2D eigenvalue weighted by Gasteiger charge is 2.14. The smallest absolute Gasteiger partial charge is 0.203 e. The highest BCUT2D eigenvalue weighted by Crippen LogP contribution is 2.24. The summed E-state index contributed by atoms with van der Waals surface area (Å²) in [4.78, 5) is 12.0. The van der Waals surface area contributed by atoms with Crippen LogP contribution in [0.15, 0.2) is 42.5 Å². The molecule has 0 saturated carbocycles. The fourth-order valence-electron chi connectivity index (χ4n) is 1.55. The first-order valence-electron chi connectivity index (χ1n) is 5.53. The summed E-state index contributed by atoms with van der Waals surface area (Å²) in [5.74, 6) is 0.383. The molecule has 19 heavy (non-hydrogen) atoms. The van der Waals surface area contributed by atoms with Crippen LogP contribution in [0.1, 0.15) is 10.4 Å². The summed E-state index contributed by atoms with van der Waals surface area (Å²) in [7, 11) is 2.58. The first kappa shape index (κ1) is 14.3. The van der Waals surface area contributed by atoms with E-state index in [2.05, 4.69) is 9.24 Å². The molecule has 0 heterocycles. The van der Waals surface area contributed by atoms with Crippen molar-refractivity contribution in [2.24, 2.45) is 0 Å². The van der Waals surface area contributed by atoms with Gasteiger partial charge in [-0.2, -0.15) is 0 Å². The first-order chi connectivity index (χ1) is 9.08. The van der Waals surface area contributed by atoms with Crippen molar-refractivity contribution < 1.29 is 9.53 Å². The van der Waals surface area contributed by atoms with Gasteiger partial charge in [-0.15, -0.1) is 9.24 Å². The summed E-state index contributed by atoms with van der Waals surface area (Å²) in [6.07, 6.45) is 0. The average Bonchev–Trinajstić information content (AvgIpc) is 2.38. The lowest BCUT2D eigenvalue weighted by atomic mass is 10.1. The molecule has 0 amide bonds. The van der Waals surface area contributed by atoms with Crippen LogP contribution in [0.3, 0.4) is 0 Å². The molecule has 0 saturated heterocycles. The van der Waals surface area contributed by atoms with Crippen molar-refractivity contribution in [2.75, 3.05) is 6.61 Å². The normalized spacial score (nSPS) is 10.3. The standard InChI is InChI=1S/C14H11Cl2O2P/c15-11-2-1-3-12(16)14(11)13(17)8-18-9-4-6-10(19)7-5-9/h1-7H,8,19H2. The van der Waals surface area contributed by atoms with Gasteiger partial charge in [0.2, 0.25) is 5.78 Å². The highest BCUT2D eigenvalue weighted by atomic mass is 35.5. The van der Waals surface area contributed by atoms with E-state index < -0.39 is 0 Å². The number of carbonyl (C=O) groups is 1. The second-order valence-corrected chi connectivity index (χ2v) is 5.36. The number of rotatable bonds is 4. The van der Waals surface area contributed by atoms with Crippen LogP contribution in [0.4, 0.5) is 0 Å². The van der Waals surface area contributed by atoms with Gasteiger partial charge in [0.05, 0.1) is 15.6 Å². The Morgan fingerprint density at radius 3 is 2.21 bits per heavy atom. The molecule has 2 aromatic carbocycles. The van der Waals surface area contributed by atoms with Gasteiger partial charge in [-0.25, -0.2) is 0 Å². The second-order valence-electron chi connectivity index (χ2n) is 3.88. The van der Waals surface area contributed by atoms with Crippen molar-refractivity contribution in [3.63, 3.8) is 0 Å². The molecule has 2 rings (SSSR count). The first-order valence-corrected chi connectivity index (χ1v) is 6.87. The Kier molecular flexibility index (Phi) is 4.81. The van der Waals surface area contributed by atoms with E-state index in [4.69, 9.17) is 27.9 Å². The van der Waals surface area contributed by atoms with Gasteiger partial charge in [0, 0.05) is 0 Å². The Balaban J connectivity index is 2.07. The molecule has 0 radical (unpaired) electrons. The van der Waals surface area contributed by atoms with Crippen LogP contribution in [0, 0.1) is 0 Å². The van der Waals surface area contributed by atoms with E-state index >= 15 is 0 Å². The minimum Gasteiger partial charge on any atom is -0.485 e. The molecule has 0 spiro atoms. The zero-order valence-electron chi connectivity index (χ0n) is 9.90. The van der Waals surface area contributed by atoms with Gasteiger partial charge < -0.3 is 4.74 Å². The fourth-order valence-corrected chi connectivity index (χ4v) is 2.35. The molecule has 0 fully saturated rings. The van der Waals surface area contributed by atoms with Crippen LogP contribution in [-0.2, 0) is 0 Å². The second kappa shape index (κ2) is 6.38. The van der Waals surface area contributed by atoms with Gasteiger partial charge in [-0.1, -0.05) is 41.4 Å². The maximum atomic E-state index is 12.0. The lowest BCUT2D eigenvalue weighted by Crippen LogP contribution is -2.12. The van der Waals surface area contributed by atoms with Crippen molar-refractivity contribution >= 4 is 43.5 Å². The Labute approximate surface area is 123 Å². The summed E-state index contributed by atoms with van der Waals surface area (Å²) in [6, 6.07) is 12.3. The van der Waals surface area contributed by atoms with E-state index in [9.17, 15) is 4.79 Å². The van der Waals surface area contributed by atoms with Crippen LogP contribution >= 0.6 is 32.4 Å². The van der Waals surface area contributed by atoms with Gasteiger partial charge in [-0.05, 0) is 29.6 Å². The molecule has 0 bridgehead atoms. The lowest BCUT2D eigenvalue weighted by molar-refractivity contribution is 0.0922. The van der Waals surface area contributed by atoms with E-state index in [-0.39, 0.29) is 12.4 Å². The number of benzene rings is 2. The monoisotopic (exact) mass is 312 g/mol. The zero-order chi connectivity index (χ0) is 13.8. The molecule has 0 aliphatic rings. The maximum Gasteiger partial charge on any atom is 0.203 e. The van der Waals surface area contributed by atoms with Crippen molar-refractivity contribution in [1.82, 2.24) is 0 Å². The number of Topliss-reactive ketones (excluding diaryl/α,β-unsaturated/α-hetero) is 1. The largest absolute Gasteiger partial charge is 0.485 e. The van der Waals surface area contributed by atoms with Crippen LogP contribution in [0.5, 0.6) is 5.75 Å². The number of ether oxygens (including phenoxy) is 1. The van der Waals surface area contributed by atoms with E-state index in [0.717, 1.165) is 5.30 Å². The number of ketones is 1. The Hall–Kier alpha value is -1.08. The van der Waals surface area contributed by atoms with E-state index in [1.807, 2.05) is 12.1 Å². The minimum atomic E-state index is -0.245. The molecule has 5 heteroatoms. The van der Waals surface area contributed by atoms with Crippen molar-refractivity contribution in [3.05, 3.63) is 58.1 Å². The van der Waals surface area contributed by atoms with E-state index in [0.29, 0.717) is 21.4 Å². The summed E-state index contributed by atoms with van der Waals surface area (Å²) >= 11 is 11.9. The van der Waals surface area contributed by atoms with Gasteiger partial charge in [-0.3, -0.25) is 4.79 Å². The lowest BCUT2D eigenvalue weighted by Gasteiger charge is -2.08. The average molecular weight is 313 g/mol. The van der Waals surface area contributed by atoms with Crippen LogP contribution in [-0.4, -0.2) is 12.4 Å². The Morgan fingerprint density at radius 1 is 1.05 bits per heavy atom. The molecule has 0 aliphatic carbocycles. The number of carbonyl (C=O) groups excluding carboxylic acids is 1. The van der Waals surface area contributed by atoms with Crippen molar-refractivity contribution in [3.8, 4) is 5.75 Å². The summed E-state index contributed by atoms with van der Waals surface area (Å²) < 4.78 is 5.41. The summed E-state index contributed by atoms with van der Waals surface area (Å²) in [5.41, 5.74) is 0.300. The molecular weight excluding hydrogens is 302 g/mol. The van der Waals surface area contributed by atoms with Gasteiger partial charge in [0.15, 0.2) is 6.61 Å². The van der Waals surface area contributed by atoms with Crippen molar-refractivity contribution in [2.45, 2.75) is 0 Å². The Bertz CT molecular complexity index is 577. The molecular formula is C14H11Cl2O2P. The predicted octanol–water partition coefficient (Wildman–Crippen LogP) is 3.76. The number of hydrogen-bond acceptors (Lipinski definition) is 2. The van der Waals surface area contributed by atoms with E-state index in [1.54, 1.807) is 30.3 Å². The third kappa shape index (κ3) is 3.70.